The average molecular weight is 404 g/mol. The number of nitriles is 1. The van der Waals surface area contributed by atoms with Crippen LogP contribution in [0.15, 0.2) is 46.8 Å². The molecule has 2 rings (SSSR count). The molecule has 8 nitrogen and oxygen atoms in total. The summed E-state index contributed by atoms with van der Waals surface area (Å²) < 4.78 is 11.0. The van der Waals surface area contributed by atoms with Crippen molar-refractivity contribution in [2.24, 2.45) is 0 Å². The lowest BCUT2D eigenvalue weighted by Crippen LogP contribution is -2.15. The minimum atomic E-state index is -0.612. The molecular formula is C16H14BrN5O3. The van der Waals surface area contributed by atoms with Gasteiger partial charge >= 0.3 is 0 Å². The molecule has 2 aromatic rings. The van der Waals surface area contributed by atoms with E-state index in [1.165, 1.54) is 32.8 Å². The molecule has 0 unspecified atom stereocenters. The summed E-state index contributed by atoms with van der Waals surface area (Å²) in [6.45, 7) is 0. The van der Waals surface area contributed by atoms with Gasteiger partial charge in [0.1, 0.15) is 23.1 Å². The zero-order valence-corrected chi connectivity index (χ0v) is 15.0. The highest BCUT2D eigenvalue weighted by Crippen LogP contribution is 2.29. The fourth-order valence-electron chi connectivity index (χ4n) is 1.77. The van der Waals surface area contributed by atoms with Crippen molar-refractivity contribution in [2.45, 2.75) is 0 Å². The van der Waals surface area contributed by atoms with Gasteiger partial charge in [0.05, 0.1) is 24.4 Å². The van der Waals surface area contributed by atoms with Crippen molar-refractivity contribution >= 4 is 33.5 Å². The molecule has 0 fully saturated rings. The predicted molar refractivity (Wildman–Crippen MR) is 95.2 cm³/mol. The zero-order chi connectivity index (χ0) is 18.2. The Morgan fingerprint density at radius 1 is 1.28 bits per heavy atom. The van der Waals surface area contributed by atoms with E-state index in [1.807, 2.05) is 6.07 Å². The second-order valence-corrected chi connectivity index (χ2v) is 5.48. The van der Waals surface area contributed by atoms with Gasteiger partial charge in [0.15, 0.2) is 0 Å². The number of rotatable bonds is 6. The first-order chi connectivity index (χ1) is 12.1. The molecular weight excluding hydrogens is 390 g/mol. The summed E-state index contributed by atoms with van der Waals surface area (Å²) in [5, 5.41) is 14.5. The molecule has 0 aliphatic rings. The van der Waals surface area contributed by atoms with E-state index in [1.54, 1.807) is 18.2 Å². The molecule has 0 saturated carbocycles. The Hall–Kier alpha value is -3.12. The lowest BCUT2D eigenvalue weighted by molar-refractivity contribution is -0.112. The Bertz CT molecular complexity index is 831. The van der Waals surface area contributed by atoms with E-state index >= 15 is 0 Å². The summed E-state index contributed by atoms with van der Waals surface area (Å²) in [4.78, 5) is 20.3. The van der Waals surface area contributed by atoms with Crippen molar-refractivity contribution in [1.29, 1.82) is 5.26 Å². The topological polar surface area (TPSA) is 109 Å². The van der Waals surface area contributed by atoms with Crippen LogP contribution in [0.5, 0.6) is 11.5 Å². The second kappa shape index (κ2) is 8.65. The zero-order valence-electron chi connectivity index (χ0n) is 13.4. The van der Waals surface area contributed by atoms with Crippen LogP contribution in [-0.2, 0) is 4.79 Å². The Morgan fingerprint density at radius 2 is 2.00 bits per heavy atom. The van der Waals surface area contributed by atoms with Gasteiger partial charge in [-0.05, 0) is 28.1 Å². The van der Waals surface area contributed by atoms with Crippen molar-refractivity contribution in [2.75, 3.05) is 24.9 Å². The summed E-state index contributed by atoms with van der Waals surface area (Å²) in [5.74, 6) is 0.622. The number of hydrogen-bond donors (Lipinski definition) is 2. The molecule has 25 heavy (non-hydrogen) atoms. The number of ether oxygens (including phenoxy) is 2. The van der Waals surface area contributed by atoms with Crippen molar-refractivity contribution in [3.05, 3.63) is 46.8 Å². The number of aromatic nitrogens is 2. The SMILES string of the molecule is COc1ccc(OC)c(NC(=O)/C(C#N)=C\Nc2ncc(Br)cn2)c1. The number of benzene rings is 1. The third kappa shape index (κ3) is 4.92. The van der Waals surface area contributed by atoms with Crippen LogP contribution >= 0.6 is 15.9 Å². The van der Waals surface area contributed by atoms with Crippen molar-refractivity contribution in [3.8, 4) is 17.6 Å². The van der Waals surface area contributed by atoms with Crippen molar-refractivity contribution in [3.63, 3.8) is 0 Å². The molecule has 1 amide bonds. The monoisotopic (exact) mass is 403 g/mol. The molecule has 0 aliphatic heterocycles. The van der Waals surface area contributed by atoms with Crippen LogP contribution in [0, 0.1) is 11.3 Å². The van der Waals surface area contributed by atoms with E-state index in [0.717, 1.165) is 0 Å². The van der Waals surface area contributed by atoms with Gasteiger partial charge in [0.2, 0.25) is 5.95 Å². The van der Waals surface area contributed by atoms with Crippen LogP contribution in [0.25, 0.3) is 0 Å². The first-order valence-corrected chi connectivity index (χ1v) is 7.74. The molecule has 0 bridgehead atoms. The van der Waals surface area contributed by atoms with Gasteiger partial charge in [-0.25, -0.2) is 9.97 Å². The molecule has 1 heterocycles. The number of methoxy groups -OCH3 is 2. The van der Waals surface area contributed by atoms with Gasteiger partial charge in [-0.2, -0.15) is 5.26 Å². The largest absolute Gasteiger partial charge is 0.497 e. The van der Waals surface area contributed by atoms with E-state index in [9.17, 15) is 10.1 Å². The van der Waals surface area contributed by atoms with Crippen molar-refractivity contribution in [1.82, 2.24) is 9.97 Å². The highest BCUT2D eigenvalue weighted by Gasteiger charge is 2.13. The summed E-state index contributed by atoms with van der Waals surface area (Å²) >= 11 is 3.22. The van der Waals surface area contributed by atoms with E-state index in [4.69, 9.17) is 9.47 Å². The molecule has 0 aliphatic carbocycles. The highest BCUT2D eigenvalue weighted by atomic mass is 79.9. The normalized spacial score (nSPS) is 10.6. The molecule has 0 atom stereocenters. The Balaban J connectivity index is 2.16. The van der Waals surface area contributed by atoms with E-state index in [2.05, 4.69) is 36.5 Å². The number of nitrogens with zero attached hydrogens (tertiary/aromatic N) is 3. The molecule has 0 saturated heterocycles. The number of carbonyl (C=O) groups excluding carboxylic acids is 1. The maximum absolute atomic E-state index is 12.3. The number of halogens is 1. The summed E-state index contributed by atoms with van der Waals surface area (Å²) in [6, 6.07) is 6.76. The van der Waals surface area contributed by atoms with Crippen LogP contribution in [0.4, 0.5) is 11.6 Å². The highest BCUT2D eigenvalue weighted by molar-refractivity contribution is 9.10. The van der Waals surface area contributed by atoms with Crippen LogP contribution in [0.1, 0.15) is 0 Å². The second-order valence-electron chi connectivity index (χ2n) is 4.56. The molecule has 2 N–H and O–H groups in total. The standard InChI is InChI=1S/C16H14BrN5O3/c1-24-12-3-4-14(25-2)13(5-12)22-15(23)10(6-18)7-19-16-20-8-11(17)9-21-16/h3-5,7-9H,1-2H3,(H,22,23)(H,19,20,21)/b10-7-. The fraction of sp³-hybridized carbons (Fsp3) is 0.125. The van der Waals surface area contributed by atoms with Crippen LogP contribution in [-0.4, -0.2) is 30.1 Å². The molecule has 128 valence electrons. The summed E-state index contributed by atoms with van der Waals surface area (Å²) in [5.41, 5.74) is 0.226. The maximum Gasteiger partial charge on any atom is 0.267 e. The van der Waals surface area contributed by atoms with Gasteiger partial charge in [0.25, 0.3) is 5.91 Å². The van der Waals surface area contributed by atoms with Crippen molar-refractivity contribution < 1.29 is 14.3 Å². The third-order valence-electron chi connectivity index (χ3n) is 2.99. The molecule has 0 radical (unpaired) electrons. The van der Waals surface area contributed by atoms with E-state index in [0.29, 0.717) is 21.7 Å². The first-order valence-electron chi connectivity index (χ1n) is 6.95. The quantitative estimate of drug-likeness (QED) is 0.563. The molecule has 9 heteroatoms. The molecule has 1 aromatic heterocycles. The third-order valence-corrected chi connectivity index (χ3v) is 3.40. The smallest absolute Gasteiger partial charge is 0.267 e. The van der Waals surface area contributed by atoms with Gasteiger partial charge < -0.3 is 20.1 Å². The summed E-state index contributed by atoms with van der Waals surface area (Å²) in [7, 11) is 2.99. The van der Waals surface area contributed by atoms with Crippen LogP contribution < -0.4 is 20.1 Å². The lowest BCUT2D eigenvalue weighted by atomic mass is 10.2. The van der Waals surface area contributed by atoms with Crippen LogP contribution in [0.3, 0.4) is 0 Å². The lowest BCUT2D eigenvalue weighted by Gasteiger charge is -2.11. The number of nitrogens with one attached hydrogen (secondary N) is 2. The minimum absolute atomic E-state index is 0.156. The number of amides is 1. The van der Waals surface area contributed by atoms with Gasteiger partial charge in [-0.1, -0.05) is 0 Å². The molecule has 1 aromatic carbocycles. The van der Waals surface area contributed by atoms with Gasteiger partial charge in [0, 0.05) is 24.7 Å². The number of hydrogen-bond acceptors (Lipinski definition) is 7. The first kappa shape index (κ1) is 18.2. The van der Waals surface area contributed by atoms with Gasteiger partial charge in [-0.3, -0.25) is 4.79 Å². The Morgan fingerprint density at radius 3 is 2.60 bits per heavy atom. The van der Waals surface area contributed by atoms with E-state index in [-0.39, 0.29) is 11.5 Å². The number of carbonyl (C=O) groups is 1. The number of anilines is 2. The minimum Gasteiger partial charge on any atom is -0.497 e. The molecule has 0 spiro atoms. The average Bonchev–Trinajstić information content (AvgIpc) is 2.63. The Labute approximate surface area is 152 Å². The van der Waals surface area contributed by atoms with E-state index < -0.39 is 5.91 Å². The maximum atomic E-state index is 12.3. The summed E-state index contributed by atoms with van der Waals surface area (Å²) in [6.07, 6.45) is 4.30. The van der Waals surface area contributed by atoms with Crippen LogP contribution in [0.2, 0.25) is 0 Å². The predicted octanol–water partition coefficient (Wildman–Crippen LogP) is 2.71. The fourth-order valence-corrected chi connectivity index (χ4v) is 1.98. The van der Waals surface area contributed by atoms with Gasteiger partial charge in [-0.15, -0.1) is 0 Å². The Kier molecular flexibility index (Phi) is 6.31.